The monoisotopic (exact) mass is 190 g/mol. The van der Waals surface area contributed by atoms with Gasteiger partial charge in [-0.25, -0.2) is 0 Å². The number of carbonyl (C=O) groups excluding carboxylic acids is 1. The second-order valence-electron chi connectivity index (χ2n) is 4.22. The van der Waals surface area contributed by atoms with Crippen molar-refractivity contribution in [2.24, 2.45) is 5.92 Å². The fraction of sp³-hybridized carbons (Fsp3) is 0.462. The Hall–Kier alpha value is -1.11. The summed E-state index contributed by atoms with van der Waals surface area (Å²) in [5.41, 5.74) is 2.48. The van der Waals surface area contributed by atoms with Crippen LogP contribution in [-0.4, -0.2) is 6.29 Å². The van der Waals surface area contributed by atoms with Gasteiger partial charge in [0.05, 0.1) is 0 Å². The number of benzene rings is 1. The maximum absolute atomic E-state index is 10.7. The van der Waals surface area contributed by atoms with Crippen molar-refractivity contribution >= 4 is 6.29 Å². The molecular weight excluding hydrogens is 172 g/mol. The first kappa shape index (κ1) is 11.0. The van der Waals surface area contributed by atoms with E-state index >= 15 is 0 Å². The standard InChI is InChI=1S/C13H18O/c1-10(2)8-12-6-4-5-7-13(12)11(3)9-14/h4-7,9-11H,8H2,1-3H3/t11-/m1/s1. The number of hydrogen-bond acceptors (Lipinski definition) is 1. The van der Waals surface area contributed by atoms with Crippen LogP contribution in [0.15, 0.2) is 24.3 Å². The van der Waals surface area contributed by atoms with Crippen LogP contribution in [0.1, 0.15) is 37.8 Å². The predicted octanol–water partition coefficient (Wildman–Crippen LogP) is 3.19. The van der Waals surface area contributed by atoms with E-state index in [4.69, 9.17) is 0 Å². The molecule has 0 aliphatic heterocycles. The van der Waals surface area contributed by atoms with E-state index in [9.17, 15) is 4.79 Å². The van der Waals surface area contributed by atoms with Gasteiger partial charge in [-0.15, -0.1) is 0 Å². The summed E-state index contributed by atoms with van der Waals surface area (Å²) in [4.78, 5) is 10.7. The molecule has 0 saturated carbocycles. The Morgan fingerprint density at radius 1 is 1.21 bits per heavy atom. The highest BCUT2D eigenvalue weighted by Crippen LogP contribution is 2.20. The lowest BCUT2D eigenvalue weighted by molar-refractivity contribution is -0.108. The molecule has 0 unspecified atom stereocenters. The highest BCUT2D eigenvalue weighted by atomic mass is 16.1. The van der Waals surface area contributed by atoms with Crippen LogP contribution >= 0.6 is 0 Å². The Morgan fingerprint density at radius 2 is 1.86 bits per heavy atom. The van der Waals surface area contributed by atoms with Crippen LogP contribution in [0, 0.1) is 5.92 Å². The quantitative estimate of drug-likeness (QED) is 0.666. The first-order valence-electron chi connectivity index (χ1n) is 5.18. The molecule has 0 aliphatic carbocycles. The number of rotatable bonds is 4. The molecule has 1 aromatic rings. The van der Waals surface area contributed by atoms with E-state index in [2.05, 4.69) is 26.0 Å². The van der Waals surface area contributed by atoms with Crippen molar-refractivity contribution in [1.82, 2.24) is 0 Å². The molecule has 14 heavy (non-hydrogen) atoms. The summed E-state index contributed by atoms with van der Waals surface area (Å²) in [6, 6.07) is 8.21. The van der Waals surface area contributed by atoms with Crippen molar-refractivity contribution < 1.29 is 4.79 Å². The van der Waals surface area contributed by atoms with Crippen molar-refractivity contribution in [3.05, 3.63) is 35.4 Å². The lowest BCUT2D eigenvalue weighted by Gasteiger charge is -2.13. The highest BCUT2D eigenvalue weighted by Gasteiger charge is 2.09. The molecular formula is C13H18O. The minimum Gasteiger partial charge on any atom is -0.303 e. The van der Waals surface area contributed by atoms with E-state index in [0.717, 1.165) is 12.7 Å². The molecule has 0 heterocycles. The molecule has 1 rings (SSSR count). The molecule has 0 N–H and O–H groups in total. The Morgan fingerprint density at radius 3 is 2.43 bits per heavy atom. The Kier molecular flexibility index (Phi) is 3.87. The molecule has 0 amide bonds. The van der Waals surface area contributed by atoms with Gasteiger partial charge < -0.3 is 4.79 Å². The molecule has 1 aromatic carbocycles. The third-order valence-corrected chi connectivity index (χ3v) is 2.38. The Bertz CT molecular complexity index is 302. The zero-order chi connectivity index (χ0) is 10.6. The van der Waals surface area contributed by atoms with Crippen LogP contribution in [-0.2, 0) is 11.2 Å². The molecule has 76 valence electrons. The fourth-order valence-electron chi connectivity index (χ4n) is 1.68. The van der Waals surface area contributed by atoms with Gasteiger partial charge in [0.15, 0.2) is 0 Å². The van der Waals surface area contributed by atoms with Crippen molar-refractivity contribution in [3.63, 3.8) is 0 Å². The minimum absolute atomic E-state index is 0.0185. The van der Waals surface area contributed by atoms with Crippen LogP contribution in [0.5, 0.6) is 0 Å². The third kappa shape index (κ3) is 2.69. The van der Waals surface area contributed by atoms with Crippen molar-refractivity contribution in [1.29, 1.82) is 0 Å². The van der Waals surface area contributed by atoms with Gasteiger partial charge in [0.1, 0.15) is 6.29 Å². The number of hydrogen-bond donors (Lipinski definition) is 0. The topological polar surface area (TPSA) is 17.1 Å². The van der Waals surface area contributed by atoms with Crippen molar-refractivity contribution in [2.45, 2.75) is 33.1 Å². The smallest absolute Gasteiger partial charge is 0.127 e. The molecule has 0 spiro atoms. The van der Waals surface area contributed by atoms with Gasteiger partial charge in [-0.3, -0.25) is 0 Å². The Labute approximate surface area is 86.1 Å². The van der Waals surface area contributed by atoms with Crippen LogP contribution in [0.2, 0.25) is 0 Å². The molecule has 0 aliphatic rings. The average Bonchev–Trinajstić information content (AvgIpc) is 2.16. The summed E-state index contributed by atoms with van der Waals surface area (Å²) in [6.07, 6.45) is 2.06. The van der Waals surface area contributed by atoms with Gasteiger partial charge in [0.2, 0.25) is 0 Å². The van der Waals surface area contributed by atoms with Gasteiger partial charge >= 0.3 is 0 Å². The summed E-state index contributed by atoms with van der Waals surface area (Å²) in [5.74, 6) is 0.653. The number of carbonyl (C=O) groups is 1. The normalized spacial score (nSPS) is 12.9. The average molecular weight is 190 g/mol. The van der Waals surface area contributed by atoms with Crippen LogP contribution < -0.4 is 0 Å². The van der Waals surface area contributed by atoms with Crippen LogP contribution in [0.3, 0.4) is 0 Å². The van der Waals surface area contributed by atoms with E-state index in [-0.39, 0.29) is 5.92 Å². The van der Waals surface area contributed by atoms with Gasteiger partial charge in [-0.1, -0.05) is 45.0 Å². The van der Waals surface area contributed by atoms with Gasteiger partial charge in [0, 0.05) is 5.92 Å². The molecule has 0 radical (unpaired) electrons. The molecule has 0 saturated heterocycles. The summed E-state index contributed by atoms with van der Waals surface area (Å²) in [7, 11) is 0. The van der Waals surface area contributed by atoms with E-state index < -0.39 is 0 Å². The largest absolute Gasteiger partial charge is 0.303 e. The Balaban J connectivity index is 2.96. The molecule has 1 nitrogen and oxygen atoms in total. The molecule has 1 atom stereocenters. The fourth-order valence-corrected chi connectivity index (χ4v) is 1.68. The molecule has 0 fully saturated rings. The summed E-state index contributed by atoms with van der Waals surface area (Å²) in [5, 5.41) is 0. The highest BCUT2D eigenvalue weighted by molar-refractivity contribution is 5.62. The summed E-state index contributed by atoms with van der Waals surface area (Å²) < 4.78 is 0. The maximum Gasteiger partial charge on any atom is 0.127 e. The zero-order valence-corrected chi connectivity index (χ0v) is 9.16. The second kappa shape index (κ2) is 4.94. The van der Waals surface area contributed by atoms with Crippen molar-refractivity contribution in [3.8, 4) is 0 Å². The summed E-state index contributed by atoms with van der Waals surface area (Å²) >= 11 is 0. The zero-order valence-electron chi connectivity index (χ0n) is 9.16. The van der Waals surface area contributed by atoms with E-state index in [0.29, 0.717) is 5.92 Å². The van der Waals surface area contributed by atoms with E-state index in [1.807, 2.05) is 19.1 Å². The number of aldehydes is 1. The first-order chi connectivity index (χ1) is 6.65. The van der Waals surface area contributed by atoms with E-state index in [1.165, 1.54) is 11.1 Å². The van der Waals surface area contributed by atoms with Crippen LogP contribution in [0.25, 0.3) is 0 Å². The third-order valence-electron chi connectivity index (χ3n) is 2.38. The minimum atomic E-state index is 0.0185. The molecule has 0 aromatic heterocycles. The predicted molar refractivity (Wildman–Crippen MR) is 59.5 cm³/mol. The van der Waals surface area contributed by atoms with Gasteiger partial charge in [0.25, 0.3) is 0 Å². The second-order valence-corrected chi connectivity index (χ2v) is 4.22. The lowest BCUT2D eigenvalue weighted by Crippen LogP contribution is -2.03. The SMILES string of the molecule is CC(C)Cc1ccccc1[C@H](C)C=O. The first-order valence-corrected chi connectivity index (χ1v) is 5.18. The van der Waals surface area contributed by atoms with E-state index in [1.54, 1.807) is 0 Å². The van der Waals surface area contributed by atoms with Crippen LogP contribution in [0.4, 0.5) is 0 Å². The lowest BCUT2D eigenvalue weighted by atomic mass is 9.92. The summed E-state index contributed by atoms with van der Waals surface area (Å²) in [6.45, 7) is 6.34. The van der Waals surface area contributed by atoms with Gasteiger partial charge in [-0.2, -0.15) is 0 Å². The van der Waals surface area contributed by atoms with Crippen molar-refractivity contribution in [2.75, 3.05) is 0 Å². The molecule has 0 bridgehead atoms. The molecule has 1 heteroatoms. The van der Waals surface area contributed by atoms with Gasteiger partial charge in [-0.05, 0) is 23.5 Å². The maximum atomic E-state index is 10.7.